The first kappa shape index (κ1) is 15.0. The molecule has 4 nitrogen and oxygen atoms in total. The molecule has 1 saturated heterocycles. The van der Waals surface area contributed by atoms with Crippen molar-refractivity contribution in [2.75, 3.05) is 20.2 Å². The number of ether oxygens (including phenoxy) is 1. The van der Waals surface area contributed by atoms with Crippen molar-refractivity contribution in [2.24, 2.45) is 11.1 Å². The smallest absolute Gasteiger partial charge is 0.254 e. The van der Waals surface area contributed by atoms with E-state index in [-0.39, 0.29) is 17.4 Å². The number of piperidine rings is 1. The molecule has 1 fully saturated rings. The minimum atomic E-state index is -0.0376. The lowest BCUT2D eigenvalue weighted by Gasteiger charge is -2.42. The highest BCUT2D eigenvalue weighted by atomic mass is 16.5. The van der Waals surface area contributed by atoms with Crippen LogP contribution in [-0.4, -0.2) is 37.0 Å². The van der Waals surface area contributed by atoms with Gasteiger partial charge in [-0.3, -0.25) is 4.79 Å². The number of rotatable bonds is 3. The number of benzene rings is 1. The lowest BCUT2D eigenvalue weighted by atomic mass is 9.79. The fraction of sp³-hybridized carbons (Fsp3) is 0.562. The van der Waals surface area contributed by atoms with Gasteiger partial charge in [-0.1, -0.05) is 32.0 Å². The van der Waals surface area contributed by atoms with Crippen LogP contribution >= 0.6 is 0 Å². The molecule has 1 atom stereocenters. The molecule has 1 aliphatic rings. The number of methoxy groups -OCH3 is 1. The molecule has 0 spiro atoms. The SMILES string of the molecule is COCc1ccccc1C(=O)N1CCC(N)C(C)(C)C1. The van der Waals surface area contributed by atoms with Crippen LogP contribution in [0.25, 0.3) is 0 Å². The molecule has 1 unspecified atom stereocenters. The van der Waals surface area contributed by atoms with E-state index in [1.807, 2.05) is 29.2 Å². The van der Waals surface area contributed by atoms with Crippen molar-refractivity contribution in [3.63, 3.8) is 0 Å². The highest BCUT2D eigenvalue weighted by Gasteiger charge is 2.35. The van der Waals surface area contributed by atoms with Gasteiger partial charge in [-0.2, -0.15) is 0 Å². The number of nitrogens with two attached hydrogens (primary N) is 1. The number of carbonyl (C=O) groups excluding carboxylic acids is 1. The van der Waals surface area contributed by atoms with Gasteiger partial charge in [-0.05, 0) is 23.5 Å². The van der Waals surface area contributed by atoms with Crippen LogP contribution in [0.1, 0.15) is 36.2 Å². The summed E-state index contributed by atoms with van der Waals surface area (Å²) in [6, 6.07) is 7.80. The quantitative estimate of drug-likeness (QED) is 0.919. The first-order valence-electron chi connectivity index (χ1n) is 7.07. The van der Waals surface area contributed by atoms with E-state index in [9.17, 15) is 4.79 Å². The van der Waals surface area contributed by atoms with Gasteiger partial charge in [0.2, 0.25) is 0 Å². The zero-order chi connectivity index (χ0) is 14.8. The van der Waals surface area contributed by atoms with E-state index in [0.717, 1.165) is 24.1 Å². The summed E-state index contributed by atoms with van der Waals surface area (Å²) < 4.78 is 5.17. The first-order chi connectivity index (χ1) is 9.45. The van der Waals surface area contributed by atoms with Crippen LogP contribution in [0, 0.1) is 5.41 Å². The number of nitrogens with zero attached hydrogens (tertiary/aromatic N) is 1. The van der Waals surface area contributed by atoms with E-state index < -0.39 is 0 Å². The topological polar surface area (TPSA) is 55.6 Å². The predicted molar refractivity (Wildman–Crippen MR) is 79.4 cm³/mol. The summed E-state index contributed by atoms with van der Waals surface area (Å²) in [5.74, 6) is 0.0811. The summed E-state index contributed by atoms with van der Waals surface area (Å²) in [6.07, 6.45) is 0.852. The monoisotopic (exact) mass is 276 g/mol. The van der Waals surface area contributed by atoms with Gasteiger partial charge in [-0.15, -0.1) is 0 Å². The Morgan fingerprint density at radius 1 is 1.45 bits per heavy atom. The first-order valence-corrected chi connectivity index (χ1v) is 7.07. The summed E-state index contributed by atoms with van der Waals surface area (Å²) in [6.45, 7) is 6.13. The van der Waals surface area contributed by atoms with Crippen molar-refractivity contribution in [1.82, 2.24) is 4.90 Å². The van der Waals surface area contributed by atoms with Gasteiger partial charge in [0.1, 0.15) is 0 Å². The second kappa shape index (κ2) is 5.94. The third-order valence-electron chi connectivity index (χ3n) is 4.15. The normalized spacial score (nSPS) is 21.8. The number of likely N-dealkylation sites (tertiary alicyclic amines) is 1. The molecular weight excluding hydrogens is 252 g/mol. The second-order valence-corrected chi connectivity index (χ2v) is 6.20. The molecule has 2 rings (SSSR count). The van der Waals surface area contributed by atoms with Gasteiger partial charge in [0.25, 0.3) is 5.91 Å². The Morgan fingerprint density at radius 2 is 2.15 bits per heavy atom. The summed E-state index contributed by atoms with van der Waals surface area (Å²) in [4.78, 5) is 14.6. The maximum atomic E-state index is 12.7. The fourth-order valence-electron chi connectivity index (χ4n) is 2.73. The fourth-order valence-corrected chi connectivity index (χ4v) is 2.73. The molecule has 2 N–H and O–H groups in total. The average molecular weight is 276 g/mol. The zero-order valence-electron chi connectivity index (χ0n) is 12.6. The van der Waals surface area contributed by atoms with Crippen molar-refractivity contribution in [3.05, 3.63) is 35.4 Å². The van der Waals surface area contributed by atoms with Crippen molar-refractivity contribution in [2.45, 2.75) is 32.9 Å². The number of hydrogen-bond acceptors (Lipinski definition) is 3. The molecule has 1 aromatic rings. The van der Waals surface area contributed by atoms with Crippen LogP contribution in [-0.2, 0) is 11.3 Å². The van der Waals surface area contributed by atoms with Crippen LogP contribution < -0.4 is 5.73 Å². The Hall–Kier alpha value is -1.39. The van der Waals surface area contributed by atoms with Gasteiger partial charge in [0.15, 0.2) is 0 Å². The Morgan fingerprint density at radius 3 is 2.80 bits per heavy atom. The van der Waals surface area contributed by atoms with Crippen molar-refractivity contribution in [3.8, 4) is 0 Å². The van der Waals surface area contributed by atoms with Gasteiger partial charge in [-0.25, -0.2) is 0 Å². The third-order valence-corrected chi connectivity index (χ3v) is 4.15. The Kier molecular flexibility index (Phi) is 4.45. The minimum absolute atomic E-state index is 0.0376. The highest BCUT2D eigenvalue weighted by Crippen LogP contribution is 2.29. The van der Waals surface area contributed by atoms with Crippen LogP contribution in [0.2, 0.25) is 0 Å². The molecule has 1 amide bonds. The van der Waals surface area contributed by atoms with Crippen molar-refractivity contribution in [1.29, 1.82) is 0 Å². The average Bonchev–Trinajstić information content (AvgIpc) is 2.42. The van der Waals surface area contributed by atoms with E-state index >= 15 is 0 Å². The van der Waals surface area contributed by atoms with Crippen LogP contribution in [0.5, 0.6) is 0 Å². The van der Waals surface area contributed by atoms with Gasteiger partial charge >= 0.3 is 0 Å². The van der Waals surface area contributed by atoms with E-state index in [1.54, 1.807) is 7.11 Å². The van der Waals surface area contributed by atoms with E-state index in [4.69, 9.17) is 10.5 Å². The highest BCUT2D eigenvalue weighted by molar-refractivity contribution is 5.95. The number of amides is 1. The maximum Gasteiger partial charge on any atom is 0.254 e. The zero-order valence-corrected chi connectivity index (χ0v) is 12.6. The Balaban J connectivity index is 2.20. The summed E-state index contributed by atoms with van der Waals surface area (Å²) >= 11 is 0. The summed E-state index contributed by atoms with van der Waals surface area (Å²) in [7, 11) is 1.64. The maximum absolute atomic E-state index is 12.7. The second-order valence-electron chi connectivity index (χ2n) is 6.20. The molecular formula is C16H24N2O2. The lowest BCUT2D eigenvalue weighted by Crippen LogP contribution is -2.54. The molecule has 0 bridgehead atoms. The molecule has 1 aromatic carbocycles. The predicted octanol–water partition coefficient (Wildman–Crippen LogP) is 2.03. The van der Waals surface area contributed by atoms with E-state index in [1.165, 1.54) is 0 Å². The standard InChI is InChI=1S/C16H24N2O2/c1-16(2)11-18(9-8-14(16)17)15(19)13-7-5-4-6-12(13)10-20-3/h4-7,14H,8-11,17H2,1-3H3. The summed E-state index contributed by atoms with van der Waals surface area (Å²) in [5.41, 5.74) is 7.77. The van der Waals surface area contributed by atoms with Crippen molar-refractivity contribution >= 4 is 5.91 Å². The third kappa shape index (κ3) is 3.02. The number of carbonyl (C=O) groups is 1. The molecule has 1 heterocycles. The number of hydrogen-bond donors (Lipinski definition) is 1. The van der Waals surface area contributed by atoms with Gasteiger partial charge in [0, 0.05) is 31.8 Å². The molecule has 20 heavy (non-hydrogen) atoms. The molecule has 110 valence electrons. The van der Waals surface area contributed by atoms with E-state index in [0.29, 0.717) is 13.2 Å². The lowest BCUT2D eigenvalue weighted by molar-refractivity contribution is 0.0529. The van der Waals surface area contributed by atoms with Crippen LogP contribution in [0.4, 0.5) is 0 Å². The van der Waals surface area contributed by atoms with E-state index in [2.05, 4.69) is 13.8 Å². The van der Waals surface area contributed by atoms with Crippen LogP contribution in [0.3, 0.4) is 0 Å². The van der Waals surface area contributed by atoms with Gasteiger partial charge < -0.3 is 15.4 Å². The molecule has 0 aliphatic carbocycles. The molecule has 1 aliphatic heterocycles. The Labute approximate surface area is 120 Å². The van der Waals surface area contributed by atoms with Crippen molar-refractivity contribution < 1.29 is 9.53 Å². The minimum Gasteiger partial charge on any atom is -0.380 e. The molecule has 0 aromatic heterocycles. The summed E-state index contributed by atoms with van der Waals surface area (Å²) in [5, 5.41) is 0. The largest absolute Gasteiger partial charge is 0.380 e. The molecule has 0 radical (unpaired) electrons. The molecule has 0 saturated carbocycles. The van der Waals surface area contributed by atoms with Gasteiger partial charge in [0.05, 0.1) is 6.61 Å². The Bertz CT molecular complexity index is 485. The van der Waals surface area contributed by atoms with Crippen LogP contribution in [0.15, 0.2) is 24.3 Å². The molecule has 4 heteroatoms.